The second-order valence-electron chi connectivity index (χ2n) is 8.30. The molecule has 0 saturated carbocycles. The Morgan fingerprint density at radius 3 is 2.15 bits per heavy atom. The van der Waals surface area contributed by atoms with Crippen LogP contribution in [0, 0.1) is 0 Å². The molecular formula is C26H27N4NaO7S. The molecule has 0 aliphatic heterocycles. The summed E-state index contributed by atoms with van der Waals surface area (Å²) < 4.78 is 46.4. The van der Waals surface area contributed by atoms with Gasteiger partial charge in [0.25, 0.3) is 4.87 Å². The van der Waals surface area contributed by atoms with Gasteiger partial charge in [0, 0.05) is 22.3 Å². The molecule has 4 rings (SSSR count). The Kier molecular flexibility index (Phi) is 9.99. The molecule has 0 saturated heterocycles. The minimum Gasteiger partial charge on any atom is -1.00 e. The summed E-state index contributed by atoms with van der Waals surface area (Å²) in [5.41, 5.74) is 3.83. The first-order valence-electron chi connectivity index (χ1n) is 11.5. The molecule has 1 aliphatic carbocycles. The standard InChI is InChI=1S/C26H26N4O7S.Na.H/c1-36-21-13-7-3-9-17(21)15-27-29-23-19-11-5-6-12-20(19)26(38(33,34)35,25(32)24(23)31)30-28-16-18-10-4-8-14-22(18)37-2;;/h3-14,25,27,32H,15-16H2,1-2H3,(H,33,34,35);;/q;+1;-1. The monoisotopic (exact) mass is 562 g/mol. The number of ketones is 1. The van der Waals surface area contributed by atoms with E-state index >= 15 is 0 Å². The number of methoxy groups -OCH3 is 2. The number of para-hydroxylation sites is 2. The van der Waals surface area contributed by atoms with Gasteiger partial charge in [0.2, 0.25) is 5.78 Å². The molecule has 0 amide bonds. The van der Waals surface area contributed by atoms with Gasteiger partial charge in [-0.3, -0.25) is 9.35 Å². The normalized spacial score (nSPS) is 19.8. The second kappa shape index (κ2) is 12.8. The van der Waals surface area contributed by atoms with E-state index in [0.29, 0.717) is 17.1 Å². The van der Waals surface area contributed by atoms with E-state index in [1.807, 2.05) is 18.2 Å². The largest absolute Gasteiger partial charge is 1.00 e. The van der Waals surface area contributed by atoms with E-state index in [1.165, 1.54) is 32.4 Å². The zero-order valence-corrected chi connectivity index (χ0v) is 24.4. The molecule has 0 aromatic heterocycles. The average molecular weight is 563 g/mol. The molecule has 11 nitrogen and oxygen atoms in total. The van der Waals surface area contributed by atoms with Gasteiger partial charge < -0.3 is 21.4 Å². The van der Waals surface area contributed by atoms with Crippen LogP contribution in [0.3, 0.4) is 0 Å². The van der Waals surface area contributed by atoms with Crippen molar-refractivity contribution in [1.82, 2.24) is 5.43 Å². The molecule has 0 fully saturated rings. The van der Waals surface area contributed by atoms with Gasteiger partial charge in [0.05, 0.1) is 27.3 Å². The fourth-order valence-corrected chi connectivity index (χ4v) is 5.25. The van der Waals surface area contributed by atoms with Crippen molar-refractivity contribution >= 4 is 21.6 Å². The van der Waals surface area contributed by atoms with Crippen molar-refractivity contribution in [3.63, 3.8) is 0 Å². The van der Waals surface area contributed by atoms with Crippen molar-refractivity contribution in [1.29, 1.82) is 0 Å². The van der Waals surface area contributed by atoms with E-state index in [1.54, 1.807) is 36.4 Å². The Labute approximate surface area is 249 Å². The molecule has 0 bridgehead atoms. The van der Waals surface area contributed by atoms with Gasteiger partial charge in [-0.1, -0.05) is 60.7 Å². The number of hydrogen-bond acceptors (Lipinski definition) is 10. The molecular weight excluding hydrogens is 535 g/mol. The molecule has 1 aliphatic rings. The molecule has 3 aromatic carbocycles. The van der Waals surface area contributed by atoms with Crippen LogP contribution in [0.15, 0.2) is 88.1 Å². The summed E-state index contributed by atoms with van der Waals surface area (Å²) in [5, 5.41) is 23.1. The van der Waals surface area contributed by atoms with Gasteiger partial charge in [-0.15, -0.1) is 0 Å². The van der Waals surface area contributed by atoms with Gasteiger partial charge in [-0.2, -0.15) is 23.7 Å². The fraction of sp³-hybridized carbons (Fsp3) is 0.231. The molecule has 2 atom stereocenters. The number of azo groups is 1. The quantitative estimate of drug-likeness (QED) is 0.142. The first kappa shape index (κ1) is 30.4. The summed E-state index contributed by atoms with van der Waals surface area (Å²) in [7, 11) is -2.21. The maximum atomic E-state index is 13.3. The van der Waals surface area contributed by atoms with Crippen LogP contribution >= 0.6 is 0 Å². The fourth-order valence-electron chi connectivity index (χ4n) is 4.25. The third-order valence-electron chi connectivity index (χ3n) is 6.12. The molecule has 0 heterocycles. The van der Waals surface area contributed by atoms with Crippen molar-refractivity contribution in [2.24, 2.45) is 15.3 Å². The molecule has 2 unspecified atom stereocenters. The first-order valence-corrected chi connectivity index (χ1v) is 12.9. The van der Waals surface area contributed by atoms with Crippen LogP contribution in [0.5, 0.6) is 11.5 Å². The maximum Gasteiger partial charge on any atom is 1.00 e. The van der Waals surface area contributed by atoms with Crippen LogP contribution in [0.4, 0.5) is 0 Å². The number of aliphatic hydroxyl groups excluding tert-OH is 1. The third-order valence-corrected chi connectivity index (χ3v) is 7.43. The number of aliphatic hydroxyl groups is 1. The third kappa shape index (κ3) is 5.91. The minimum absolute atomic E-state index is 0. The number of nitrogens with one attached hydrogen (secondary N) is 1. The van der Waals surface area contributed by atoms with Gasteiger partial charge >= 0.3 is 39.7 Å². The van der Waals surface area contributed by atoms with Crippen LogP contribution in [0.1, 0.15) is 23.7 Å². The summed E-state index contributed by atoms with van der Waals surface area (Å²) in [6, 6.07) is 19.9. The Morgan fingerprint density at radius 1 is 0.949 bits per heavy atom. The van der Waals surface area contributed by atoms with E-state index in [9.17, 15) is 22.9 Å². The predicted octanol–water partition coefficient (Wildman–Crippen LogP) is -0.0492. The Bertz CT molecular complexity index is 1520. The number of Topliss-reactive ketones (excluding diaryl/α,β-unsaturated/α-hetero) is 1. The van der Waals surface area contributed by atoms with Gasteiger partial charge in [-0.05, 0) is 12.1 Å². The van der Waals surface area contributed by atoms with E-state index in [2.05, 4.69) is 20.8 Å². The second-order valence-corrected chi connectivity index (χ2v) is 9.87. The molecule has 200 valence electrons. The number of hydrogen-bond donors (Lipinski definition) is 3. The van der Waals surface area contributed by atoms with Crippen molar-refractivity contribution in [2.45, 2.75) is 24.1 Å². The zero-order valence-electron chi connectivity index (χ0n) is 22.6. The smallest absolute Gasteiger partial charge is 1.00 e. The number of hydrazone groups is 1. The van der Waals surface area contributed by atoms with Crippen LogP contribution in [0.2, 0.25) is 0 Å². The Morgan fingerprint density at radius 2 is 1.51 bits per heavy atom. The number of nitrogens with zero attached hydrogens (tertiary/aromatic N) is 3. The molecule has 39 heavy (non-hydrogen) atoms. The minimum atomic E-state index is -5.20. The summed E-state index contributed by atoms with van der Waals surface area (Å²) in [4.78, 5) is 10.5. The number of fused-ring (bicyclic) bond motifs is 1. The van der Waals surface area contributed by atoms with Crippen LogP contribution in [-0.4, -0.2) is 49.9 Å². The number of ether oxygens (including phenoxy) is 2. The van der Waals surface area contributed by atoms with Crippen LogP contribution in [-0.2, 0) is 32.9 Å². The van der Waals surface area contributed by atoms with E-state index < -0.39 is 26.9 Å². The van der Waals surface area contributed by atoms with E-state index in [4.69, 9.17) is 9.47 Å². The number of benzene rings is 3. The van der Waals surface area contributed by atoms with Crippen LogP contribution < -0.4 is 44.5 Å². The summed E-state index contributed by atoms with van der Waals surface area (Å²) in [5.74, 6) is 0.0464. The van der Waals surface area contributed by atoms with E-state index in [0.717, 1.165) is 5.56 Å². The molecule has 13 heteroatoms. The number of carbonyl (C=O) groups excluding carboxylic acids is 1. The molecule has 0 radical (unpaired) electrons. The molecule has 3 aromatic rings. The van der Waals surface area contributed by atoms with Gasteiger partial charge in [0.15, 0.2) is 6.10 Å². The summed E-state index contributed by atoms with van der Waals surface area (Å²) >= 11 is 0. The van der Waals surface area contributed by atoms with Crippen molar-refractivity contribution in [2.75, 3.05) is 14.2 Å². The summed E-state index contributed by atoms with van der Waals surface area (Å²) in [6.45, 7) is 0.0485. The van der Waals surface area contributed by atoms with Gasteiger partial charge in [-0.25, -0.2) is 0 Å². The van der Waals surface area contributed by atoms with Crippen molar-refractivity contribution in [3.05, 3.63) is 95.1 Å². The maximum absolute atomic E-state index is 13.3. The Hall–Kier alpha value is -3.13. The van der Waals surface area contributed by atoms with Crippen LogP contribution in [0.25, 0.3) is 0 Å². The average Bonchev–Trinajstić information content (AvgIpc) is 2.92. The van der Waals surface area contributed by atoms with Crippen molar-refractivity contribution < 1.29 is 63.3 Å². The first-order chi connectivity index (χ1) is 18.2. The molecule has 3 N–H and O–H groups in total. The van der Waals surface area contributed by atoms with E-state index in [-0.39, 0.29) is 60.9 Å². The molecule has 0 spiro atoms. The zero-order chi connectivity index (χ0) is 27.3. The SMILES string of the molecule is COc1ccccc1CN=NC1(S(=O)(=O)O)c2ccccc2C(=NNCc2ccccc2OC)C(=O)C1O.[H-].[Na+]. The number of carbonyl (C=O) groups is 1. The topological polar surface area (TPSA) is 159 Å². The predicted molar refractivity (Wildman–Crippen MR) is 140 cm³/mol. The van der Waals surface area contributed by atoms with Gasteiger partial charge in [0.1, 0.15) is 17.2 Å². The number of rotatable bonds is 9. The summed E-state index contributed by atoms with van der Waals surface area (Å²) in [6.07, 6.45) is -2.32. The van der Waals surface area contributed by atoms with Crippen molar-refractivity contribution in [3.8, 4) is 11.5 Å². The Balaban J connectivity index is 0.00000280.